The first-order valence-corrected chi connectivity index (χ1v) is 8.40. The molecule has 0 N–H and O–H groups in total. The number of aromatic nitrogens is 3. The summed E-state index contributed by atoms with van der Waals surface area (Å²) in [5.41, 5.74) is 3.37. The van der Waals surface area contributed by atoms with E-state index in [1.807, 2.05) is 34.1 Å². The number of carbonyl (C=O) groups is 1. The molecule has 1 unspecified atom stereocenters. The minimum atomic E-state index is 0.180. The normalized spacial score (nSPS) is 17.7. The smallest absolute Gasteiger partial charge is 0.219 e. The van der Waals surface area contributed by atoms with Crippen LogP contribution in [0.25, 0.3) is 11.4 Å². The second-order valence-electron chi connectivity index (χ2n) is 6.27. The average molecular weight is 312 g/mol. The summed E-state index contributed by atoms with van der Waals surface area (Å²) in [6.07, 6.45) is 6.77. The number of hydrogen-bond donors (Lipinski definition) is 0. The van der Waals surface area contributed by atoms with E-state index in [0.29, 0.717) is 5.92 Å². The Kier molecular flexibility index (Phi) is 4.74. The highest BCUT2D eigenvalue weighted by Gasteiger charge is 2.25. The van der Waals surface area contributed by atoms with Crippen LogP contribution in [0.15, 0.2) is 30.6 Å². The third kappa shape index (κ3) is 3.44. The van der Waals surface area contributed by atoms with Crippen molar-refractivity contribution in [3.8, 4) is 11.4 Å². The van der Waals surface area contributed by atoms with Crippen molar-refractivity contribution in [1.82, 2.24) is 19.7 Å². The lowest BCUT2D eigenvalue weighted by Crippen LogP contribution is -2.26. The van der Waals surface area contributed by atoms with Crippen LogP contribution in [0.3, 0.4) is 0 Å². The highest BCUT2D eigenvalue weighted by atomic mass is 16.2. The van der Waals surface area contributed by atoms with Crippen molar-refractivity contribution in [2.45, 2.75) is 39.7 Å². The van der Waals surface area contributed by atoms with Crippen molar-refractivity contribution in [1.29, 1.82) is 0 Å². The molecule has 2 aromatic heterocycles. The summed E-state index contributed by atoms with van der Waals surface area (Å²) >= 11 is 0. The summed E-state index contributed by atoms with van der Waals surface area (Å²) < 4.78 is 2.03. The number of pyridine rings is 1. The number of likely N-dealkylation sites (tertiary alicyclic amines) is 1. The maximum atomic E-state index is 11.5. The summed E-state index contributed by atoms with van der Waals surface area (Å²) in [6.45, 7) is 6.45. The predicted molar refractivity (Wildman–Crippen MR) is 89.8 cm³/mol. The van der Waals surface area contributed by atoms with Gasteiger partial charge in [-0.2, -0.15) is 5.10 Å². The van der Waals surface area contributed by atoms with Gasteiger partial charge in [0.05, 0.1) is 11.4 Å². The molecule has 3 rings (SSSR count). The number of amides is 1. The van der Waals surface area contributed by atoms with Gasteiger partial charge in [-0.15, -0.1) is 0 Å². The van der Waals surface area contributed by atoms with Crippen LogP contribution in [0.4, 0.5) is 0 Å². The molecule has 5 nitrogen and oxygen atoms in total. The van der Waals surface area contributed by atoms with Gasteiger partial charge in [-0.3, -0.25) is 14.5 Å². The molecule has 3 heterocycles. The van der Waals surface area contributed by atoms with Gasteiger partial charge in [0.1, 0.15) is 0 Å². The van der Waals surface area contributed by atoms with E-state index in [4.69, 9.17) is 0 Å². The van der Waals surface area contributed by atoms with Gasteiger partial charge in [0.25, 0.3) is 0 Å². The maximum absolute atomic E-state index is 11.5. The van der Waals surface area contributed by atoms with Gasteiger partial charge in [-0.05, 0) is 42.9 Å². The van der Waals surface area contributed by atoms with E-state index < -0.39 is 0 Å². The molecule has 0 aromatic carbocycles. The number of hydrogen-bond acceptors (Lipinski definition) is 3. The molecule has 1 atom stereocenters. The predicted octanol–water partition coefficient (Wildman–Crippen LogP) is 2.77. The van der Waals surface area contributed by atoms with Crippen molar-refractivity contribution >= 4 is 5.91 Å². The zero-order chi connectivity index (χ0) is 16.2. The molecule has 1 fully saturated rings. The quantitative estimate of drug-likeness (QED) is 0.853. The number of aryl methyl sites for hydroxylation is 1. The molecule has 0 saturated carbocycles. The molecule has 122 valence electrons. The maximum Gasteiger partial charge on any atom is 0.219 e. The van der Waals surface area contributed by atoms with Crippen LogP contribution in [0, 0.1) is 5.92 Å². The molecule has 23 heavy (non-hydrogen) atoms. The van der Waals surface area contributed by atoms with Crippen LogP contribution in [-0.2, 0) is 17.8 Å². The minimum absolute atomic E-state index is 0.180. The molecule has 2 aromatic rings. The third-order valence-corrected chi connectivity index (χ3v) is 4.53. The molecule has 1 aliphatic heterocycles. The Bertz CT molecular complexity index is 679. The van der Waals surface area contributed by atoms with E-state index >= 15 is 0 Å². The van der Waals surface area contributed by atoms with Gasteiger partial charge in [0.2, 0.25) is 5.91 Å². The topological polar surface area (TPSA) is 51.0 Å². The lowest BCUT2D eigenvalue weighted by atomic mass is 9.96. The van der Waals surface area contributed by atoms with E-state index in [9.17, 15) is 4.79 Å². The van der Waals surface area contributed by atoms with Crippen LogP contribution in [0.1, 0.15) is 32.3 Å². The van der Waals surface area contributed by atoms with Crippen molar-refractivity contribution < 1.29 is 4.79 Å². The summed E-state index contributed by atoms with van der Waals surface area (Å²) in [4.78, 5) is 18.1. The molecule has 1 saturated heterocycles. The van der Waals surface area contributed by atoms with Crippen LogP contribution in [0.2, 0.25) is 0 Å². The van der Waals surface area contributed by atoms with Crippen molar-refractivity contribution in [3.05, 3.63) is 36.2 Å². The van der Waals surface area contributed by atoms with E-state index in [1.165, 1.54) is 5.56 Å². The Labute approximate surface area is 137 Å². The van der Waals surface area contributed by atoms with Gasteiger partial charge in [-0.25, -0.2) is 0 Å². The second-order valence-corrected chi connectivity index (χ2v) is 6.27. The molecular weight excluding hydrogens is 288 g/mol. The summed E-state index contributed by atoms with van der Waals surface area (Å²) in [6, 6.07) is 6.19. The monoisotopic (exact) mass is 312 g/mol. The molecule has 0 aliphatic carbocycles. The van der Waals surface area contributed by atoms with E-state index in [0.717, 1.165) is 50.3 Å². The van der Waals surface area contributed by atoms with Gasteiger partial charge in [0, 0.05) is 39.0 Å². The highest BCUT2D eigenvalue weighted by molar-refractivity contribution is 5.73. The van der Waals surface area contributed by atoms with Crippen LogP contribution in [-0.4, -0.2) is 38.7 Å². The Morgan fingerprint density at radius 2 is 2.22 bits per heavy atom. The third-order valence-electron chi connectivity index (χ3n) is 4.53. The van der Waals surface area contributed by atoms with E-state index in [1.54, 1.807) is 6.92 Å². The Hall–Kier alpha value is -2.17. The summed E-state index contributed by atoms with van der Waals surface area (Å²) in [5.74, 6) is 0.698. The molecule has 1 aliphatic rings. The first kappa shape index (κ1) is 15.7. The average Bonchev–Trinajstić information content (AvgIpc) is 3.18. The number of nitrogens with zero attached hydrogens (tertiary/aromatic N) is 4. The first-order valence-electron chi connectivity index (χ1n) is 8.40. The van der Waals surface area contributed by atoms with Crippen LogP contribution in [0.5, 0.6) is 0 Å². The minimum Gasteiger partial charge on any atom is -0.343 e. The Balaban J connectivity index is 1.81. The van der Waals surface area contributed by atoms with Crippen molar-refractivity contribution in [2.75, 3.05) is 13.1 Å². The van der Waals surface area contributed by atoms with Gasteiger partial charge in [0.15, 0.2) is 0 Å². The zero-order valence-electron chi connectivity index (χ0n) is 13.9. The molecule has 5 heteroatoms. The summed E-state index contributed by atoms with van der Waals surface area (Å²) in [5, 5.41) is 4.41. The summed E-state index contributed by atoms with van der Waals surface area (Å²) in [7, 11) is 0. The molecule has 0 spiro atoms. The molecule has 1 amide bonds. The van der Waals surface area contributed by atoms with Crippen LogP contribution >= 0.6 is 0 Å². The fraction of sp³-hybridized carbons (Fsp3) is 0.500. The molecular formula is C18H24N4O. The van der Waals surface area contributed by atoms with E-state index in [-0.39, 0.29) is 5.91 Å². The number of carbonyl (C=O) groups excluding carboxylic acids is 1. The molecule has 0 radical (unpaired) electrons. The fourth-order valence-electron chi connectivity index (χ4n) is 3.35. The van der Waals surface area contributed by atoms with Crippen molar-refractivity contribution in [3.63, 3.8) is 0 Å². The largest absolute Gasteiger partial charge is 0.343 e. The second kappa shape index (κ2) is 6.94. The van der Waals surface area contributed by atoms with Crippen molar-refractivity contribution in [2.24, 2.45) is 5.92 Å². The first-order chi connectivity index (χ1) is 11.2. The zero-order valence-corrected chi connectivity index (χ0v) is 13.9. The lowest BCUT2D eigenvalue weighted by molar-refractivity contribution is -0.127. The standard InChI is InChI=1S/C18H24N4O/c1-3-10-22-17(6-9-20-22)18-16(5-4-8-19-18)12-15-7-11-21(13-15)14(2)23/h4-6,8-9,15H,3,7,10-13H2,1-2H3. The SMILES string of the molecule is CCCn1nccc1-c1ncccc1CC1CCN(C(C)=O)C1. The highest BCUT2D eigenvalue weighted by Crippen LogP contribution is 2.27. The Morgan fingerprint density at radius 3 is 2.96 bits per heavy atom. The van der Waals surface area contributed by atoms with Gasteiger partial charge < -0.3 is 4.90 Å². The Morgan fingerprint density at radius 1 is 1.35 bits per heavy atom. The number of rotatable bonds is 5. The van der Waals surface area contributed by atoms with Gasteiger partial charge >= 0.3 is 0 Å². The fourth-order valence-corrected chi connectivity index (χ4v) is 3.35. The van der Waals surface area contributed by atoms with E-state index in [2.05, 4.69) is 23.1 Å². The molecule has 0 bridgehead atoms. The van der Waals surface area contributed by atoms with Gasteiger partial charge in [-0.1, -0.05) is 13.0 Å². The lowest BCUT2D eigenvalue weighted by Gasteiger charge is -2.15. The van der Waals surface area contributed by atoms with Crippen LogP contribution < -0.4 is 0 Å².